The molecule has 0 radical (unpaired) electrons. The second-order valence-corrected chi connectivity index (χ2v) is 11.4. The van der Waals surface area contributed by atoms with Crippen molar-refractivity contribution < 1.29 is 22.8 Å². The molecule has 0 saturated carbocycles. The molecule has 4 rings (SSSR count). The molecule has 0 aromatic heterocycles. The van der Waals surface area contributed by atoms with Gasteiger partial charge in [-0.25, -0.2) is 12.7 Å². The smallest absolute Gasteiger partial charge is 0.291 e. The van der Waals surface area contributed by atoms with E-state index in [1.807, 2.05) is 30.3 Å². The quantitative estimate of drug-likeness (QED) is 0.316. The molecule has 1 amide bonds. The third kappa shape index (κ3) is 5.07. The fourth-order valence-corrected chi connectivity index (χ4v) is 5.77. The van der Waals surface area contributed by atoms with E-state index in [4.69, 9.17) is 0 Å². The number of rotatable bonds is 8. The molecular formula is C26H31N3O5S. The number of piperidine rings is 1. The Balaban J connectivity index is 1.63. The zero-order chi connectivity index (χ0) is 25.2. The van der Waals surface area contributed by atoms with Crippen LogP contribution in [0.15, 0.2) is 59.5 Å². The standard InChI is InChI=1S/C26H31N3O5S/c1-27(2)35(33,34)21-13-11-20(12-14-21)24(30)22-23(19-9-5-3-6-10-19)29(26(32)25(22)31)18-17-28-15-7-4-8-16-28/h3,5-6,9-14,22-23H,4,7-8,15-18H2,1-2H3. The van der Waals surface area contributed by atoms with Gasteiger partial charge in [0.15, 0.2) is 5.78 Å². The van der Waals surface area contributed by atoms with Crippen molar-refractivity contribution in [3.05, 3.63) is 65.7 Å². The largest absolute Gasteiger partial charge is 0.327 e. The molecule has 2 aromatic carbocycles. The van der Waals surface area contributed by atoms with E-state index in [2.05, 4.69) is 4.90 Å². The summed E-state index contributed by atoms with van der Waals surface area (Å²) in [4.78, 5) is 43.7. The predicted octanol–water partition coefficient (Wildman–Crippen LogP) is 2.37. The number of nitrogens with zero attached hydrogens (tertiary/aromatic N) is 3. The summed E-state index contributed by atoms with van der Waals surface area (Å²) < 4.78 is 25.8. The van der Waals surface area contributed by atoms with E-state index in [0.29, 0.717) is 13.1 Å². The number of benzene rings is 2. The molecule has 0 N–H and O–H groups in total. The molecule has 2 saturated heterocycles. The number of carbonyl (C=O) groups is 3. The number of hydrogen-bond acceptors (Lipinski definition) is 6. The van der Waals surface area contributed by atoms with Crippen LogP contribution in [0.3, 0.4) is 0 Å². The first-order valence-corrected chi connectivity index (χ1v) is 13.3. The van der Waals surface area contributed by atoms with E-state index in [1.165, 1.54) is 44.8 Å². The van der Waals surface area contributed by atoms with Crippen molar-refractivity contribution in [2.24, 2.45) is 5.92 Å². The van der Waals surface area contributed by atoms with Crippen molar-refractivity contribution in [2.75, 3.05) is 40.3 Å². The molecule has 9 heteroatoms. The maximum Gasteiger partial charge on any atom is 0.291 e. The number of likely N-dealkylation sites (tertiary alicyclic amines) is 2. The molecule has 186 valence electrons. The third-order valence-corrected chi connectivity index (χ3v) is 8.68. The van der Waals surface area contributed by atoms with Crippen molar-refractivity contribution in [1.29, 1.82) is 0 Å². The lowest BCUT2D eigenvalue weighted by molar-refractivity contribution is -0.141. The maximum atomic E-state index is 13.6. The number of amides is 1. The highest BCUT2D eigenvalue weighted by molar-refractivity contribution is 7.89. The maximum absolute atomic E-state index is 13.6. The average Bonchev–Trinajstić information content (AvgIpc) is 3.13. The van der Waals surface area contributed by atoms with Crippen LogP contribution in [0, 0.1) is 5.92 Å². The monoisotopic (exact) mass is 497 g/mol. The van der Waals surface area contributed by atoms with Crippen molar-refractivity contribution in [2.45, 2.75) is 30.2 Å². The summed E-state index contributed by atoms with van der Waals surface area (Å²) in [5.41, 5.74) is 0.933. The van der Waals surface area contributed by atoms with E-state index in [9.17, 15) is 22.8 Å². The minimum absolute atomic E-state index is 0.0515. The average molecular weight is 498 g/mol. The van der Waals surface area contributed by atoms with E-state index in [1.54, 1.807) is 4.90 Å². The van der Waals surface area contributed by atoms with Gasteiger partial charge in [-0.3, -0.25) is 14.4 Å². The summed E-state index contributed by atoms with van der Waals surface area (Å²) >= 11 is 0. The summed E-state index contributed by atoms with van der Waals surface area (Å²) in [6.07, 6.45) is 3.45. The number of ketones is 2. The Morgan fingerprint density at radius 1 is 0.914 bits per heavy atom. The van der Waals surface area contributed by atoms with Crippen molar-refractivity contribution in [1.82, 2.24) is 14.1 Å². The van der Waals surface area contributed by atoms with Crippen LogP contribution in [-0.2, 0) is 19.6 Å². The van der Waals surface area contributed by atoms with Crippen LogP contribution in [0.5, 0.6) is 0 Å². The van der Waals surface area contributed by atoms with Gasteiger partial charge in [-0.15, -0.1) is 0 Å². The molecule has 2 aromatic rings. The minimum Gasteiger partial charge on any atom is -0.327 e. The first-order valence-electron chi connectivity index (χ1n) is 11.9. The predicted molar refractivity (Wildman–Crippen MR) is 131 cm³/mol. The van der Waals surface area contributed by atoms with Crippen LogP contribution in [0.1, 0.15) is 41.2 Å². The van der Waals surface area contributed by atoms with Crippen LogP contribution >= 0.6 is 0 Å². The van der Waals surface area contributed by atoms with E-state index in [0.717, 1.165) is 35.8 Å². The van der Waals surface area contributed by atoms with Gasteiger partial charge in [0, 0.05) is 32.7 Å². The first-order chi connectivity index (χ1) is 16.7. The number of carbonyl (C=O) groups excluding carboxylic acids is 3. The highest BCUT2D eigenvalue weighted by Crippen LogP contribution is 2.38. The number of Topliss-reactive ketones (excluding diaryl/α,β-unsaturated/α-hetero) is 2. The Morgan fingerprint density at radius 3 is 2.14 bits per heavy atom. The Hall–Kier alpha value is -2.88. The SMILES string of the molecule is CN(C)S(=O)(=O)c1ccc(C(=O)C2C(=O)C(=O)N(CCN3CCCCC3)C2c2ccccc2)cc1. The molecule has 2 unspecified atom stereocenters. The Morgan fingerprint density at radius 2 is 1.54 bits per heavy atom. The molecule has 0 aliphatic carbocycles. The van der Waals surface area contributed by atoms with E-state index < -0.39 is 39.5 Å². The topological polar surface area (TPSA) is 95.1 Å². The lowest BCUT2D eigenvalue weighted by atomic mass is 9.86. The van der Waals surface area contributed by atoms with Gasteiger partial charge in [0.2, 0.25) is 15.8 Å². The number of sulfonamides is 1. The summed E-state index contributed by atoms with van der Waals surface area (Å²) in [5, 5.41) is 0. The Bertz CT molecular complexity index is 1190. The molecule has 2 atom stereocenters. The summed E-state index contributed by atoms with van der Waals surface area (Å²) in [6.45, 7) is 2.96. The van der Waals surface area contributed by atoms with Crippen LogP contribution in [0.4, 0.5) is 0 Å². The lowest BCUT2D eigenvalue weighted by Gasteiger charge is -2.31. The highest BCUT2D eigenvalue weighted by atomic mass is 32.2. The van der Waals surface area contributed by atoms with Crippen LogP contribution < -0.4 is 0 Å². The van der Waals surface area contributed by atoms with Crippen molar-refractivity contribution >= 4 is 27.5 Å². The second kappa shape index (κ2) is 10.4. The third-order valence-electron chi connectivity index (χ3n) is 6.85. The molecule has 0 bridgehead atoms. The normalized spacial score (nSPS) is 21.6. The molecule has 2 fully saturated rings. The summed E-state index contributed by atoms with van der Waals surface area (Å²) in [6, 6.07) is 14.0. The van der Waals surface area contributed by atoms with Gasteiger partial charge in [-0.2, -0.15) is 0 Å². The van der Waals surface area contributed by atoms with Crippen LogP contribution in [-0.4, -0.2) is 80.3 Å². The molecule has 2 aliphatic rings. The molecule has 2 aliphatic heterocycles. The molecule has 8 nitrogen and oxygen atoms in total. The van der Waals surface area contributed by atoms with Crippen LogP contribution in [0.25, 0.3) is 0 Å². The molecule has 0 spiro atoms. The fraction of sp³-hybridized carbons (Fsp3) is 0.423. The second-order valence-electron chi connectivity index (χ2n) is 9.27. The van der Waals surface area contributed by atoms with Crippen LogP contribution in [0.2, 0.25) is 0 Å². The zero-order valence-corrected chi connectivity index (χ0v) is 20.9. The summed E-state index contributed by atoms with van der Waals surface area (Å²) in [5.74, 6) is -3.01. The highest BCUT2D eigenvalue weighted by Gasteiger charge is 2.51. The fourth-order valence-electron chi connectivity index (χ4n) is 4.86. The first kappa shape index (κ1) is 25.2. The summed E-state index contributed by atoms with van der Waals surface area (Å²) in [7, 11) is -0.789. The van der Waals surface area contributed by atoms with Gasteiger partial charge in [0.1, 0.15) is 5.92 Å². The van der Waals surface area contributed by atoms with Gasteiger partial charge >= 0.3 is 0 Å². The Kier molecular flexibility index (Phi) is 7.49. The van der Waals surface area contributed by atoms with E-state index in [-0.39, 0.29) is 10.5 Å². The van der Waals surface area contributed by atoms with E-state index >= 15 is 0 Å². The molecular weight excluding hydrogens is 466 g/mol. The van der Waals surface area contributed by atoms with Crippen molar-refractivity contribution in [3.8, 4) is 0 Å². The van der Waals surface area contributed by atoms with Crippen molar-refractivity contribution in [3.63, 3.8) is 0 Å². The molecule has 2 heterocycles. The van der Waals surface area contributed by atoms with Gasteiger partial charge in [-0.1, -0.05) is 48.9 Å². The zero-order valence-electron chi connectivity index (χ0n) is 20.1. The minimum atomic E-state index is -3.65. The number of hydrogen-bond donors (Lipinski definition) is 0. The van der Waals surface area contributed by atoms with Gasteiger partial charge in [-0.05, 0) is 43.6 Å². The van der Waals surface area contributed by atoms with Gasteiger partial charge in [0.05, 0.1) is 10.9 Å². The Labute approximate surface area is 206 Å². The lowest BCUT2D eigenvalue weighted by Crippen LogP contribution is -2.40. The molecule has 35 heavy (non-hydrogen) atoms. The van der Waals surface area contributed by atoms with Gasteiger partial charge in [0.25, 0.3) is 5.91 Å². The van der Waals surface area contributed by atoms with Gasteiger partial charge < -0.3 is 9.80 Å².